The van der Waals surface area contributed by atoms with Crippen molar-refractivity contribution in [2.45, 2.75) is 20.3 Å². The van der Waals surface area contributed by atoms with Gasteiger partial charge in [-0.3, -0.25) is 4.79 Å². The van der Waals surface area contributed by atoms with Crippen molar-refractivity contribution in [3.8, 4) is 0 Å². The summed E-state index contributed by atoms with van der Waals surface area (Å²) in [6, 6.07) is 5.62. The topological polar surface area (TPSA) is 46.3 Å². The van der Waals surface area contributed by atoms with Crippen LogP contribution in [0.3, 0.4) is 0 Å². The van der Waals surface area contributed by atoms with E-state index in [1.165, 1.54) is 0 Å². The molecule has 0 radical (unpaired) electrons. The van der Waals surface area contributed by atoms with Crippen molar-refractivity contribution in [2.75, 3.05) is 18.8 Å². The van der Waals surface area contributed by atoms with Gasteiger partial charge in [-0.1, -0.05) is 13.0 Å². The molecule has 2 rings (SSSR count). The standard InChI is InChI=1S/C13H18N2O/c1-9-3-4-11(12(14)7-9)13(16)15-6-5-10(2)8-15/h3-4,7,10H,5-6,8,14H2,1-2H3. The molecule has 1 atom stereocenters. The van der Waals surface area contributed by atoms with E-state index < -0.39 is 0 Å². The van der Waals surface area contributed by atoms with E-state index in [2.05, 4.69) is 6.92 Å². The largest absolute Gasteiger partial charge is 0.398 e. The first-order valence-electron chi connectivity index (χ1n) is 5.73. The van der Waals surface area contributed by atoms with Gasteiger partial charge in [0.25, 0.3) is 5.91 Å². The van der Waals surface area contributed by atoms with E-state index >= 15 is 0 Å². The minimum Gasteiger partial charge on any atom is -0.398 e. The Bertz CT molecular complexity index is 414. The van der Waals surface area contributed by atoms with Crippen LogP contribution in [0.2, 0.25) is 0 Å². The van der Waals surface area contributed by atoms with Gasteiger partial charge in [0.05, 0.1) is 5.56 Å². The molecule has 1 unspecified atom stereocenters. The third-order valence-electron chi connectivity index (χ3n) is 3.15. The van der Waals surface area contributed by atoms with E-state index in [1.807, 2.05) is 30.0 Å². The molecule has 1 aliphatic rings. The van der Waals surface area contributed by atoms with Crippen LogP contribution in [0, 0.1) is 12.8 Å². The van der Waals surface area contributed by atoms with Gasteiger partial charge in [0, 0.05) is 18.8 Å². The van der Waals surface area contributed by atoms with Crippen molar-refractivity contribution in [1.82, 2.24) is 4.90 Å². The minimum atomic E-state index is 0.0712. The lowest BCUT2D eigenvalue weighted by atomic mass is 10.1. The maximum Gasteiger partial charge on any atom is 0.255 e. The Labute approximate surface area is 96.2 Å². The van der Waals surface area contributed by atoms with Crippen LogP contribution >= 0.6 is 0 Å². The quantitative estimate of drug-likeness (QED) is 0.733. The predicted molar refractivity (Wildman–Crippen MR) is 65.3 cm³/mol. The lowest BCUT2D eigenvalue weighted by Gasteiger charge is -2.17. The monoisotopic (exact) mass is 218 g/mol. The summed E-state index contributed by atoms with van der Waals surface area (Å²) in [4.78, 5) is 14.1. The number of benzene rings is 1. The molecule has 1 fully saturated rings. The smallest absolute Gasteiger partial charge is 0.255 e. The number of nitrogens with zero attached hydrogens (tertiary/aromatic N) is 1. The number of rotatable bonds is 1. The second-order valence-electron chi connectivity index (χ2n) is 4.74. The summed E-state index contributed by atoms with van der Waals surface area (Å²) in [7, 11) is 0. The molecule has 16 heavy (non-hydrogen) atoms. The van der Waals surface area contributed by atoms with Crippen molar-refractivity contribution in [3.05, 3.63) is 29.3 Å². The number of carbonyl (C=O) groups is 1. The van der Waals surface area contributed by atoms with E-state index in [1.54, 1.807) is 0 Å². The minimum absolute atomic E-state index is 0.0712. The molecule has 1 amide bonds. The van der Waals surface area contributed by atoms with Gasteiger partial charge in [-0.15, -0.1) is 0 Å². The van der Waals surface area contributed by atoms with Gasteiger partial charge in [0.15, 0.2) is 0 Å². The summed E-state index contributed by atoms with van der Waals surface area (Å²) < 4.78 is 0. The number of hydrogen-bond donors (Lipinski definition) is 1. The predicted octanol–water partition coefficient (Wildman–Crippen LogP) is 2.06. The normalized spacial score (nSPS) is 20.1. The fourth-order valence-corrected chi connectivity index (χ4v) is 2.17. The number of likely N-dealkylation sites (tertiary alicyclic amines) is 1. The van der Waals surface area contributed by atoms with Gasteiger partial charge in [-0.2, -0.15) is 0 Å². The van der Waals surface area contributed by atoms with E-state index in [-0.39, 0.29) is 5.91 Å². The third kappa shape index (κ3) is 2.03. The summed E-state index contributed by atoms with van der Waals surface area (Å²) >= 11 is 0. The first kappa shape index (κ1) is 11.0. The highest BCUT2D eigenvalue weighted by Gasteiger charge is 2.25. The Balaban J connectivity index is 2.21. The Kier molecular flexibility index (Phi) is 2.86. The Morgan fingerprint density at radius 1 is 1.50 bits per heavy atom. The molecule has 1 aromatic carbocycles. The number of carbonyl (C=O) groups excluding carboxylic acids is 1. The third-order valence-corrected chi connectivity index (χ3v) is 3.15. The zero-order valence-corrected chi connectivity index (χ0v) is 9.86. The molecule has 0 saturated carbocycles. The van der Waals surface area contributed by atoms with Gasteiger partial charge >= 0.3 is 0 Å². The molecule has 86 valence electrons. The molecule has 0 aromatic heterocycles. The summed E-state index contributed by atoms with van der Waals surface area (Å²) in [5.41, 5.74) is 8.19. The average Bonchev–Trinajstić information content (AvgIpc) is 2.64. The molecule has 1 heterocycles. The van der Waals surface area contributed by atoms with Gasteiger partial charge < -0.3 is 10.6 Å². The lowest BCUT2D eigenvalue weighted by molar-refractivity contribution is 0.0789. The highest BCUT2D eigenvalue weighted by molar-refractivity contribution is 5.99. The first-order valence-corrected chi connectivity index (χ1v) is 5.73. The summed E-state index contributed by atoms with van der Waals surface area (Å²) in [6.45, 7) is 5.85. The van der Waals surface area contributed by atoms with Crippen molar-refractivity contribution < 1.29 is 4.79 Å². The van der Waals surface area contributed by atoms with Crippen molar-refractivity contribution in [2.24, 2.45) is 5.92 Å². The molecule has 2 N–H and O–H groups in total. The van der Waals surface area contributed by atoms with Gasteiger partial charge in [-0.05, 0) is 37.0 Å². The number of amides is 1. The Morgan fingerprint density at radius 3 is 2.81 bits per heavy atom. The molecule has 0 bridgehead atoms. The number of nitrogen functional groups attached to an aromatic ring is 1. The maximum absolute atomic E-state index is 12.2. The number of anilines is 1. The van der Waals surface area contributed by atoms with Crippen LogP contribution in [0.1, 0.15) is 29.3 Å². The van der Waals surface area contributed by atoms with Gasteiger partial charge in [0.1, 0.15) is 0 Å². The van der Waals surface area contributed by atoms with Crippen LogP contribution in [0.5, 0.6) is 0 Å². The number of hydrogen-bond acceptors (Lipinski definition) is 2. The SMILES string of the molecule is Cc1ccc(C(=O)N2CCC(C)C2)c(N)c1. The highest BCUT2D eigenvalue weighted by atomic mass is 16.2. The number of nitrogens with two attached hydrogens (primary N) is 1. The Morgan fingerprint density at radius 2 is 2.25 bits per heavy atom. The molecule has 0 spiro atoms. The first-order chi connectivity index (χ1) is 7.58. The molecule has 1 aromatic rings. The summed E-state index contributed by atoms with van der Waals surface area (Å²) in [5, 5.41) is 0. The lowest BCUT2D eigenvalue weighted by Crippen LogP contribution is -2.29. The molecule has 3 heteroatoms. The van der Waals surface area contributed by atoms with Crippen LogP contribution in [-0.2, 0) is 0 Å². The summed E-state index contributed by atoms with van der Waals surface area (Å²) in [5.74, 6) is 0.678. The molecule has 3 nitrogen and oxygen atoms in total. The second-order valence-corrected chi connectivity index (χ2v) is 4.74. The van der Waals surface area contributed by atoms with Crippen molar-refractivity contribution in [1.29, 1.82) is 0 Å². The second kappa shape index (κ2) is 4.16. The maximum atomic E-state index is 12.2. The summed E-state index contributed by atoms with van der Waals surface area (Å²) in [6.07, 6.45) is 1.09. The zero-order chi connectivity index (χ0) is 11.7. The molecule has 0 aliphatic carbocycles. The zero-order valence-electron chi connectivity index (χ0n) is 9.86. The highest BCUT2D eigenvalue weighted by Crippen LogP contribution is 2.21. The van der Waals surface area contributed by atoms with Crippen LogP contribution in [0.4, 0.5) is 5.69 Å². The Hall–Kier alpha value is -1.51. The van der Waals surface area contributed by atoms with E-state index in [0.29, 0.717) is 17.2 Å². The van der Waals surface area contributed by atoms with Crippen molar-refractivity contribution >= 4 is 11.6 Å². The van der Waals surface area contributed by atoms with Crippen molar-refractivity contribution in [3.63, 3.8) is 0 Å². The fourth-order valence-electron chi connectivity index (χ4n) is 2.17. The molecular formula is C13H18N2O. The van der Waals surface area contributed by atoms with Crippen LogP contribution in [-0.4, -0.2) is 23.9 Å². The average molecular weight is 218 g/mol. The van der Waals surface area contributed by atoms with E-state index in [9.17, 15) is 4.79 Å². The van der Waals surface area contributed by atoms with Gasteiger partial charge in [-0.25, -0.2) is 0 Å². The molecular weight excluding hydrogens is 200 g/mol. The fraction of sp³-hybridized carbons (Fsp3) is 0.462. The van der Waals surface area contributed by atoms with Crippen LogP contribution in [0.25, 0.3) is 0 Å². The van der Waals surface area contributed by atoms with E-state index in [4.69, 9.17) is 5.73 Å². The van der Waals surface area contributed by atoms with Crippen LogP contribution in [0.15, 0.2) is 18.2 Å². The molecule has 1 aliphatic heterocycles. The van der Waals surface area contributed by atoms with Gasteiger partial charge in [0.2, 0.25) is 0 Å². The molecule has 1 saturated heterocycles. The van der Waals surface area contributed by atoms with Crippen LogP contribution < -0.4 is 5.73 Å². The number of aryl methyl sites for hydroxylation is 1. The van der Waals surface area contributed by atoms with E-state index in [0.717, 1.165) is 25.1 Å².